The minimum absolute atomic E-state index is 0.00749. The van der Waals surface area contributed by atoms with E-state index in [0.717, 1.165) is 35.5 Å². The Morgan fingerprint density at radius 2 is 1.97 bits per heavy atom. The summed E-state index contributed by atoms with van der Waals surface area (Å²) in [5, 5.41) is 14.0. The molecular weight excluding hydrogens is 482 g/mol. The van der Waals surface area contributed by atoms with Gasteiger partial charge in [0.1, 0.15) is 23.8 Å². The lowest BCUT2D eigenvalue weighted by molar-refractivity contribution is -0.120. The first-order valence-electron chi connectivity index (χ1n) is 12.8. The third-order valence-corrected chi connectivity index (χ3v) is 7.17. The highest BCUT2D eigenvalue weighted by Gasteiger charge is 2.36. The van der Waals surface area contributed by atoms with Crippen LogP contribution < -0.4 is 9.64 Å². The van der Waals surface area contributed by atoms with Gasteiger partial charge in [-0.1, -0.05) is 24.3 Å². The number of nitriles is 1. The highest BCUT2D eigenvalue weighted by Crippen LogP contribution is 2.45. The zero-order chi connectivity index (χ0) is 26.4. The normalized spacial score (nSPS) is 15.7. The molecule has 1 fully saturated rings. The summed E-state index contributed by atoms with van der Waals surface area (Å²) in [5.74, 6) is 2.50. The first kappa shape index (κ1) is 23.8. The molecule has 11 heteroatoms. The van der Waals surface area contributed by atoms with E-state index in [1.165, 1.54) is 6.33 Å². The van der Waals surface area contributed by atoms with E-state index < -0.39 is 0 Å². The van der Waals surface area contributed by atoms with Crippen molar-refractivity contribution in [3.63, 3.8) is 0 Å². The number of hydrogen-bond donors (Lipinski definition) is 0. The molecule has 4 aromatic rings. The maximum atomic E-state index is 13.2. The first-order valence-corrected chi connectivity index (χ1v) is 12.8. The van der Waals surface area contributed by atoms with Gasteiger partial charge < -0.3 is 9.30 Å². The molecule has 192 valence electrons. The minimum Gasteiger partial charge on any atom is -0.480 e. The molecule has 1 atom stereocenters. The van der Waals surface area contributed by atoms with Crippen LogP contribution in [0.1, 0.15) is 62.0 Å². The third-order valence-electron chi connectivity index (χ3n) is 7.17. The van der Waals surface area contributed by atoms with E-state index in [1.807, 2.05) is 42.7 Å². The zero-order valence-corrected chi connectivity index (χ0v) is 21.5. The number of aryl methyl sites for hydroxylation is 2. The summed E-state index contributed by atoms with van der Waals surface area (Å²) in [7, 11) is 1.58. The molecule has 2 aliphatic rings. The van der Waals surface area contributed by atoms with Gasteiger partial charge in [0.15, 0.2) is 11.5 Å². The van der Waals surface area contributed by atoms with Gasteiger partial charge in [-0.2, -0.15) is 10.2 Å². The van der Waals surface area contributed by atoms with Crippen LogP contribution in [0.4, 0.5) is 5.95 Å². The average Bonchev–Trinajstić information content (AvgIpc) is 3.57. The predicted octanol–water partition coefficient (Wildman–Crippen LogP) is 3.87. The van der Waals surface area contributed by atoms with Gasteiger partial charge in [-0.25, -0.2) is 19.6 Å². The van der Waals surface area contributed by atoms with E-state index >= 15 is 0 Å². The number of imidazole rings is 1. The van der Waals surface area contributed by atoms with Gasteiger partial charge >= 0.3 is 0 Å². The first-order chi connectivity index (χ1) is 18.5. The second-order valence-corrected chi connectivity index (χ2v) is 9.54. The summed E-state index contributed by atoms with van der Waals surface area (Å²) in [6.45, 7) is 5.17. The monoisotopic (exact) mass is 509 g/mol. The van der Waals surface area contributed by atoms with Crippen LogP contribution in [-0.2, 0) is 17.9 Å². The molecule has 1 aromatic carbocycles. The molecule has 1 amide bonds. The van der Waals surface area contributed by atoms with Crippen molar-refractivity contribution in [3.8, 4) is 34.7 Å². The van der Waals surface area contributed by atoms with Gasteiger partial charge in [-0.15, -0.1) is 5.10 Å². The molecule has 0 spiro atoms. The number of nitrogens with zero attached hydrogens (tertiary/aromatic N) is 9. The van der Waals surface area contributed by atoms with Crippen LogP contribution in [0, 0.1) is 11.3 Å². The van der Waals surface area contributed by atoms with Gasteiger partial charge in [0, 0.05) is 30.6 Å². The summed E-state index contributed by atoms with van der Waals surface area (Å²) in [6.07, 6.45) is 5.73. The van der Waals surface area contributed by atoms with Crippen molar-refractivity contribution in [1.82, 2.24) is 34.3 Å². The molecule has 3 aromatic heterocycles. The Balaban J connectivity index is 1.34. The van der Waals surface area contributed by atoms with Gasteiger partial charge in [-0.3, -0.25) is 9.69 Å². The van der Waals surface area contributed by atoms with Crippen molar-refractivity contribution in [2.75, 3.05) is 12.0 Å². The fourth-order valence-electron chi connectivity index (χ4n) is 5.01. The van der Waals surface area contributed by atoms with Gasteiger partial charge in [0.2, 0.25) is 17.7 Å². The van der Waals surface area contributed by atoms with Crippen LogP contribution in [0.2, 0.25) is 0 Å². The smallest absolute Gasteiger partial charge is 0.231 e. The number of ether oxygens (including phenoxy) is 1. The Morgan fingerprint density at radius 3 is 2.66 bits per heavy atom. The lowest BCUT2D eigenvalue weighted by Crippen LogP contribution is -2.39. The molecule has 0 N–H and O–H groups in total. The summed E-state index contributed by atoms with van der Waals surface area (Å²) in [5.41, 5.74) is 3.84. The summed E-state index contributed by atoms with van der Waals surface area (Å²) in [6, 6.07) is 9.76. The SMILES string of the molecule is CCn1cc(C#N)nc1-c1ccc(C(C)N2C(=O)CCn3nc(-c4c(OC)ncnc4C4CC4)nc32)cc1. The molecule has 0 saturated heterocycles. The number of aromatic nitrogens is 7. The minimum atomic E-state index is -0.273. The number of hydrogen-bond acceptors (Lipinski definition) is 8. The molecule has 6 rings (SSSR count). The van der Waals surface area contributed by atoms with Crippen LogP contribution in [0.5, 0.6) is 5.88 Å². The Hall–Kier alpha value is -4.59. The van der Waals surface area contributed by atoms with Crippen molar-refractivity contribution in [1.29, 1.82) is 5.26 Å². The van der Waals surface area contributed by atoms with E-state index in [0.29, 0.717) is 54.3 Å². The fraction of sp³-hybridized carbons (Fsp3) is 0.370. The van der Waals surface area contributed by atoms with Gasteiger partial charge in [0.05, 0.1) is 25.4 Å². The van der Waals surface area contributed by atoms with Gasteiger partial charge in [0.25, 0.3) is 0 Å². The molecular formula is C27H27N9O2. The van der Waals surface area contributed by atoms with Crippen LogP contribution >= 0.6 is 0 Å². The Bertz CT molecular complexity index is 1560. The van der Waals surface area contributed by atoms with Gasteiger partial charge in [-0.05, 0) is 32.3 Å². The van der Waals surface area contributed by atoms with Crippen LogP contribution in [0.15, 0.2) is 36.8 Å². The quantitative estimate of drug-likeness (QED) is 0.367. The van der Waals surface area contributed by atoms with Crippen LogP contribution in [0.3, 0.4) is 0 Å². The molecule has 1 unspecified atom stereocenters. The van der Waals surface area contributed by atoms with E-state index in [-0.39, 0.29) is 11.9 Å². The molecule has 11 nitrogen and oxygen atoms in total. The van der Waals surface area contributed by atoms with Crippen molar-refractivity contribution in [2.45, 2.75) is 58.2 Å². The number of fused-ring (bicyclic) bond motifs is 1. The molecule has 4 heterocycles. The molecule has 0 radical (unpaired) electrons. The topological polar surface area (TPSA) is 128 Å². The Labute approximate surface area is 219 Å². The maximum Gasteiger partial charge on any atom is 0.231 e. The number of methoxy groups -OCH3 is 1. The molecule has 1 aliphatic carbocycles. The number of benzene rings is 1. The summed E-state index contributed by atoms with van der Waals surface area (Å²) in [4.78, 5) is 33.0. The van der Waals surface area contributed by atoms with E-state index in [2.05, 4.69) is 21.0 Å². The van der Waals surface area contributed by atoms with Crippen molar-refractivity contribution in [3.05, 3.63) is 53.7 Å². The molecule has 1 aliphatic heterocycles. The van der Waals surface area contributed by atoms with Crippen LogP contribution in [-0.4, -0.2) is 47.3 Å². The Morgan fingerprint density at radius 1 is 1.18 bits per heavy atom. The highest BCUT2D eigenvalue weighted by molar-refractivity contribution is 5.94. The van der Waals surface area contributed by atoms with Crippen LogP contribution in [0.25, 0.3) is 22.8 Å². The average molecular weight is 510 g/mol. The Kier molecular flexibility index (Phi) is 5.87. The number of carbonyl (C=O) groups is 1. The molecule has 1 saturated carbocycles. The second-order valence-electron chi connectivity index (χ2n) is 9.54. The number of carbonyl (C=O) groups excluding carboxylic acids is 1. The molecule has 0 bridgehead atoms. The highest BCUT2D eigenvalue weighted by atomic mass is 16.5. The van der Waals surface area contributed by atoms with E-state index in [9.17, 15) is 10.1 Å². The third kappa shape index (κ3) is 3.98. The predicted molar refractivity (Wildman–Crippen MR) is 138 cm³/mol. The van der Waals surface area contributed by atoms with E-state index in [4.69, 9.17) is 14.8 Å². The number of rotatable bonds is 7. The maximum absolute atomic E-state index is 13.2. The number of anilines is 1. The largest absolute Gasteiger partial charge is 0.480 e. The van der Waals surface area contributed by atoms with Crippen molar-refractivity contribution >= 4 is 11.9 Å². The summed E-state index contributed by atoms with van der Waals surface area (Å²) < 4.78 is 9.28. The fourth-order valence-corrected chi connectivity index (χ4v) is 5.01. The number of amides is 1. The zero-order valence-electron chi connectivity index (χ0n) is 21.5. The lowest BCUT2D eigenvalue weighted by atomic mass is 10.0. The molecule has 38 heavy (non-hydrogen) atoms. The van der Waals surface area contributed by atoms with E-state index in [1.54, 1.807) is 22.9 Å². The van der Waals surface area contributed by atoms with Crippen molar-refractivity contribution < 1.29 is 9.53 Å². The lowest BCUT2D eigenvalue weighted by Gasteiger charge is -2.31. The summed E-state index contributed by atoms with van der Waals surface area (Å²) >= 11 is 0. The second kappa shape index (κ2) is 9.37. The van der Waals surface area contributed by atoms with Crippen molar-refractivity contribution in [2.24, 2.45) is 0 Å². The standard InChI is InChI=1S/C27H27N9O2/c1-4-34-14-20(13-28)31-25(34)19-9-5-17(6-10-19)16(2)36-21(37)11-12-35-27(36)32-24(33-35)22-23(18-7-8-18)29-15-30-26(22)38-3/h5-6,9-10,14-16,18H,4,7-8,11-12H2,1-3H3.